The summed E-state index contributed by atoms with van der Waals surface area (Å²) < 4.78 is 49.3. The molecule has 12 heteroatoms. The molecule has 176 valence electrons. The van der Waals surface area contributed by atoms with Crippen molar-refractivity contribution in [1.82, 2.24) is 34.3 Å². The van der Waals surface area contributed by atoms with Crippen molar-refractivity contribution in [3.8, 4) is 17.3 Å². The molecule has 35 heavy (non-hydrogen) atoms. The lowest BCUT2D eigenvalue weighted by atomic mass is 10.1. The predicted molar refractivity (Wildman–Crippen MR) is 124 cm³/mol. The van der Waals surface area contributed by atoms with Crippen LogP contribution in [-0.4, -0.2) is 34.3 Å². The molecule has 0 N–H and O–H groups in total. The minimum atomic E-state index is -4.53. The number of hydrogen-bond acceptors (Lipinski definition) is 7. The van der Waals surface area contributed by atoms with Crippen LogP contribution in [0, 0.1) is 13.8 Å². The van der Waals surface area contributed by atoms with Crippen molar-refractivity contribution in [1.29, 1.82) is 0 Å². The number of ether oxygens (including phenoxy) is 1. The fourth-order valence-corrected chi connectivity index (χ4v) is 5.05. The highest BCUT2D eigenvalue weighted by Gasteiger charge is 2.33. The van der Waals surface area contributed by atoms with Gasteiger partial charge in [0.2, 0.25) is 5.82 Å². The first-order valence-electron chi connectivity index (χ1n) is 10.5. The standard InChI is InChI=1S/C23H16F3N7OS/c1-12-5-3-4-6-15(12)34-11-32-8-7-14(30-32)20-29-21-19-18(27-10-33(21)31-20)17-13(2)9-16(23(24,25)26)28-22(17)35-19/h3-10H,11H2,1-2H3. The average Bonchev–Trinajstić information content (AvgIpc) is 3.53. The van der Waals surface area contributed by atoms with Gasteiger partial charge in [0, 0.05) is 11.6 Å². The van der Waals surface area contributed by atoms with E-state index in [4.69, 9.17) is 4.74 Å². The highest BCUT2D eigenvalue weighted by atomic mass is 32.1. The van der Waals surface area contributed by atoms with Crippen LogP contribution in [0.3, 0.4) is 0 Å². The van der Waals surface area contributed by atoms with Gasteiger partial charge in [0.05, 0.1) is 5.52 Å². The Labute approximate surface area is 199 Å². The molecule has 0 fully saturated rings. The number of hydrogen-bond donors (Lipinski definition) is 0. The fourth-order valence-electron chi connectivity index (χ4n) is 3.87. The van der Waals surface area contributed by atoms with Crippen molar-refractivity contribution in [2.24, 2.45) is 0 Å². The van der Waals surface area contributed by atoms with Gasteiger partial charge < -0.3 is 4.74 Å². The van der Waals surface area contributed by atoms with E-state index in [-0.39, 0.29) is 11.6 Å². The zero-order valence-electron chi connectivity index (χ0n) is 18.4. The topological polar surface area (TPSA) is 83.0 Å². The number of pyridine rings is 1. The molecule has 0 aliphatic carbocycles. The van der Waals surface area contributed by atoms with Crippen LogP contribution in [-0.2, 0) is 12.9 Å². The maximum atomic E-state index is 13.3. The Bertz CT molecular complexity index is 1730. The summed E-state index contributed by atoms with van der Waals surface area (Å²) in [6.45, 7) is 3.80. The largest absolute Gasteiger partial charge is 0.471 e. The Kier molecular flexibility index (Phi) is 4.74. The Hall–Kier alpha value is -4.06. The highest BCUT2D eigenvalue weighted by Crippen LogP contribution is 2.38. The van der Waals surface area contributed by atoms with Crippen molar-refractivity contribution in [3.05, 3.63) is 65.7 Å². The maximum absolute atomic E-state index is 13.3. The number of thiophene rings is 1. The Morgan fingerprint density at radius 3 is 2.66 bits per heavy atom. The first-order chi connectivity index (χ1) is 16.8. The SMILES string of the molecule is Cc1ccccc1OCn1ccc(-c2nc3c4sc5nc(C(F)(F)F)cc(C)c5c4ncn3n2)n1. The number of benzene rings is 1. The number of aromatic nitrogens is 7. The molecule has 0 unspecified atom stereocenters. The maximum Gasteiger partial charge on any atom is 0.433 e. The van der Waals surface area contributed by atoms with Crippen LogP contribution in [0.2, 0.25) is 0 Å². The fraction of sp³-hybridized carbons (Fsp3) is 0.174. The number of fused-ring (bicyclic) bond motifs is 5. The van der Waals surface area contributed by atoms with E-state index in [1.54, 1.807) is 23.9 Å². The van der Waals surface area contributed by atoms with Crippen LogP contribution in [0.5, 0.6) is 5.75 Å². The Balaban J connectivity index is 1.37. The van der Waals surface area contributed by atoms with Crippen LogP contribution in [0.15, 0.2) is 48.9 Å². The van der Waals surface area contributed by atoms with Gasteiger partial charge in [-0.15, -0.1) is 16.4 Å². The number of halogens is 3. The zero-order valence-corrected chi connectivity index (χ0v) is 19.2. The lowest BCUT2D eigenvalue weighted by Gasteiger charge is -2.08. The molecule has 0 aliphatic rings. The van der Waals surface area contributed by atoms with E-state index in [2.05, 4.69) is 25.1 Å². The first kappa shape index (κ1) is 21.5. The smallest absolute Gasteiger partial charge is 0.433 e. The van der Waals surface area contributed by atoms with E-state index in [1.807, 2.05) is 31.2 Å². The van der Waals surface area contributed by atoms with Crippen molar-refractivity contribution in [2.75, 3.05) is 0 Å². The summed E-state index contributed by atoms with van der Waals surface area (Å²) in [7, 11) is 0. The monoisotopic (exact) mass is 495 g/mol. The lowest BCUT2D eigenvalue weighted by Crippen LogP contribution is -2.07. The lowest BCUT2D eigenvalue weighted by molar-refractivity contribution is -0.141. The molecular weight excluding hydrogens is 479 g/mol. The number of nitrogens with zero attached hydrogens (tertiary/aromatic N) is 7. The normalized spacial score (nSPS) is 12.3. The van der Waals surface area contributed by atoms with Gasteiger partial charge in [-0.2, -0.15) is 18.3 Å². The summed E-state index contributed by atoms with van der Waals surface area (Å²) in [5, 5.41) is 9.54. The molecule has 6 rings (SSSR count). The molecule has 0 spiro atoms. The predicted octanol–water partition coefficient (Wildman–Crippen LogP) is 5.42. The van der Waals surface area contributed by atoms with E-state index < -0.39 is 11.9 Å². The van der Waals surface area contributed by atoms with Gasteiger partial charge in [-0.05, 0) is 43.2 Å². The van der Waals surface area contributed by atoms with Crippen molar-refractivity contribution >= 4 is 37.4 Å². The molecule has 5 heterocycles. The van der Waals surface area contributed by atoms with E-state index >= 15 is 0 Å². The summed E-state index contributed by atoms with van der Waals surface area (Å²) in [6.07, 6.45) is -1.27. The average molecular weight is 495 g/mol. The number of rotatable bonds is 4. The van der Waals surface area contributed by atoms with Crippen LogP contribution in [0.4, 0.5) is 13.2 Å². The second kappa shape index (κ2) is 7.73. The third-order valence-corrected chi connectivity index (χ3v) is 6.64. The first-order valence-corrected chi connectivity index (χ1v) is 11.3. The van der Waals surface area contributed by atoms with Crippen LogP contribution in [0.1, 0.15) is 16.8 Å². The van der Waals surface area contributed by atoms with Crippen LogP contribution < -0.4 is 4.74 Å². The van der Waals surface area contributed by atoms with Crippen molar-refractivity contribution in [2.45, 2.75) is 26.8 Å². The van der Waals surface area contributed by atoms with Gasteiger partial charge in [0.15, 0.2) is 12.4 Å². The quantitative estimate of drug-likeness (QED) is 0.325. The highest BCUT2D eigenvalue weighted by molar-refractivity contribution is 7.26. The molecular formula is C23H16F3N7OS. The van der Waals surface area contributed by atoms with E-state index in [0.29, 0.717) is 38.3 Å². The van der Waals surface area contributed by atoms with E-state index in [9.17, 15) is 13.2 Å². The molecule has 1 aromatic carbocycles. The summed E-state index contributed by atoms with van der Waals surface area (Å²) in [4.78, 5) is 13.1. The van der Waals surface area contributed by atoms with Gasteiger partial charge in [-0.25, -0.2) is 24.1 Å². The molecule has 0 atom stereocenters. The van der Waals surface area contributed by atoms with Crippen LogP contribution >= 0.6 is 11.3 Å². The second-order valence-electron chi connectivity index (χ2n) is 8.01. The van der Waals surface area contributed by atoms with E-state index in [0.717, 1.165) is 28.7 Å². The van der Waals surface area contributed by atoms with Gasteiger partial charge in [-0.1, -0.05) is 18.2 Å². The molecule has 5 aromatic heterocycles. The Morgan fingerprint density at radius 2 is 1.86 bits per heavy atom. The minimum Gasteiger partial charge on any atom is -0.471 e. The van der Waals surface area contributed by atoms with Gasteiger partial charge >= 0.3 is 6.18 Å². The van der Waals surface area contributed by atoms with Crippen LogP contribution in [0.25, 0.3) is 37.6 Å². The minimum absolute atomic E-state index is 0.215. The molecule has 6 aromatic rings. The summed E-state index contributed by atoms with van der Waals surface area (Å²) in [6, 6.07) is 10.5. The van der Waals surface area contributed by atoms with Crippen molar-refractivity contribution in [3.63, 3.8) is 0 Å². The number of aryl methyl sites for hydroxylation is 2. The summed E-state index contributed by atoms with van der Waals surface area (Å²) in [5.41, 5.74) is 2.11. The van der Waals surface area contributed by atoms with Gasteiger partial charge in [0.1, 0.15) is 33.0 Å². The van der Waals surface area contributed by atoms with Gasteiger partial charge in [-0.3, -0.25) is 0 Å². The van der Waals surface area contributed by atoms with Crippen molar-refractivity contribution < 1.29 is 17.9 Å². The Morgan fingerprint density at radius 1 is 1.03 bits per heavy atom. The third-order valence-electron chi connectivity index (χ3n) is 5.57. The summed E-state index contributed by atoms with van der Waals surface area (Å²) in [5.74, 6) is 1.14. The number of para-hydroxylation sites is 1. The molecule has 8 nitrogen and oxygen atoms in total. The van der Waals surface area contributed by atoms with E-state index in [1.165, 1.54) is 10.8 Å². The molecule has 0 amide bonds. The number of alkyl halides is 3. The third kappa shape index (κ3) is 3.66. The molecule has 0 radical (unpaired) electrons. The zero-order chi connectivity index (χ0) is 24.3. The molecule has 0 saturated heterocycles. The molecule has 0 bridgehead atoms. The van der Waals surface area contributed by atoms with Gasteiger partial charge in [0.25, 0.3) is 0 Å². The molecule has 0 saturated carbocycles. The summed E-state index contributed by atoms with van der Waals surface area (Å²) >= 11 is 1.11. The molecule has 0 aliphatic heterocycles. The second-order valence-corrected chi connectivity index (χ2v) is 9.01.